The van der Waals surface area contributed by atoms with E-state index in [9.17, 15) is 4.79 Å². The van der Waals surface area contributed by atoms with Crippen molar-refractivity contribution in [3.63, 3.8) is 0 Å². The number of hydrogen-bond acceptors (Lipinski definition) is 4. The lowest BCUT2D eigenvalue weighted by atomic mass is 10.4. The highest BCUT2D eigenvalue weighted by atomic mass is 35.5. The number of halogens is 2. The maximum absolute atomic E-state index is 11.1. The van der Waals surface area contributed by atoms with E-state index < -0.39 is 5.97 Å². The van der Waals surface area contributed by atoms with Crippen LogP contribution in [-0.2, 0) is 4.74 Å². The molecule has 0 amide bonds. The molecular weight excluding hydrogens is 215 g/mol. The first-order chi connectivity index (χ1) is 6.13. The Labute approximate surface area is 84.8 Å². The zero-order valence-corrected chi connectivity index (χ0v) is 8.26. The van der Waals surface area contributed by atoms with E-state index in [0.29, 0.717) is 0 Å². The molecule has 1 heterocycles. The lowest BCUT2D eigenvalue weighted by molar-refractivity contribution is 0.0519. The van der Waals surface area contributed by atoms with Crippen LogP contribution in [0.25, 0.3) is 0 Å². The Kier molecular flexibility index (Phi) is 3.45. The molecule has 13 heavy (non-hydrogen) atoms. The number of hydrogen-bond donors (Lipinski definition) is 0. The molecule has 0 aliphatic rings. The molecule has 0 spiro atoms. The van der Waals surface area contributed by atoms with Gasteiger partial charge in [-0.15, -0.1) is 0 Å². The summed E-state index contributed by atoms with van der Waals surface area (Å²) in [6.07, 6.45) is 0. The van der Waals surface area contributed by atoms with E-state index in [1.54, 1.807) is 6.92 Å². The molecule has 0 atom stereocenters. The van der Waals surface area contributed by atoms with Crippen LogP contribution in [0.2, 0.25) is 10.4 Å². The molecule has 4 nitrogen and oxygen atoms in total. The van der Waals surface area contributed by atoms with Crippen molar-refractivity contribution in [3.8, 4) is 0 Å². The minimum absolute atomic E-state index is 0.0619. The molecule has 1 rings (SSSR count). The average Bonchev–Trinajstić information content (AvgIpc) is 2.03. The summed E-state index contributed by atoms with van der Waals surface area (Å²) >= 11 is 11.0. The Bertz CT molecular complexity index is 310. The fourth-order valence-electron chi connectivity index (χ4n) is 0.700. The van der Waals surface area contributed by atoms with Crippen molar-refractivity contribution in [3.05, 3.63) is 22.2 Å². The monoisotopic (exact) mass is 220 g/mol. The Morgan fingerprint density at radius 2 is 2.23 bits per heavy atom. The van der Waals surface area contributed by atoms with Gasteiger partial charge in [-0.2, -0.15) is 0 Å². The quantitative estimate of drug-likeness (QED) is 0.435. The van der Waals surface area contributed by atoms with Crippen molar-refractivity contribution < 1.29 is 9.53 Å². The van der Waals surface area contributed by atoms with Crippen LogP contribution in [-0.4, -0.2) is 22.5 Å². The molecule has 0 fully saturated rings. The molecule has 6 heteroatoms. The second kappa shape index (κ2) is 4.39. The maximum Gasteiger partial charge on any atom is 0.357 e. The van der Waals surface area contributed by atoms with Crippen LogP contribution >= 0.6 is 23.2 Å². The Morgan fingerprint density at radius 1 is 1.54 bits per heavy atom. The number of rotatable bonds is 2. The van der Waals surface area contributed by atoms with Crippen molar-refractivity contribution in [1.29, 1.82) is 0 Å². The van der Waals surface area contributed by atoms with Gasteiger partial charge in [0.2, 0.25) is 5.28 Å². The van der Waals surface area contributed by atoms with Gasteiger partial charge < -0.3 is 4.74 Å². The summed E-state index contributed by atoms with van der Waals surface area (Å²) in [7, 11) is 0. The number of aromatic nitrogens is 2. The van der Waals surface area contributed by atoms with Crippen molar-refractivity contribution in [2.24, 2.45) is 0 Å². The van der Waals surface area contributed by atoms with Gasteiger partial charge in [0.1, 0.15) is 5.15 Å². The predicted molar refractivity (Wildman–Crippen MR) is 48.0 cm³/mol. The molecule has 0 aliphatic heterocycles. The highest BCUT2D eigenvalue weighted by Gasteiger charge is 2.10. The van der Waals surface area contributed by atoms with Crippen molar-refractivity contribution in [2.75, 3.05) is 6.61 Å². The van der Waals surface area contributed by atoms with Crippen LogP contribution in [0.5, 0.6) is 0 Å². The summed E-state index contributed by atoms with van der Waals surface area (Å²) in [4.78, 5) is 18.4. The van der Waals surface area contributed by atoms with E-state index in [-0.39, 0.29) is 22.7 Å². The van der Waals surface area contributed by atoms with Crippen LogP contribution in [0.15, 0.2) is 6.07 Å². The first-order valence-electron chi connectivity index (χ1n) is 3.50. The molecule has 0 unspecified atom stereocenters. The summed E-state index contributed by atoms with van der Waals surface area (Å²) < 4.78 is 4.69. The number of esters is 1. The summed E-state index contributed by atoms with van der Waals surface area (Å²) in [6.45, 7) is 1.97. The number of carbonyl (C=O) groups excluding carboxylic acids is 1. The van der Waals surface area contributed by atoms with Crippen molar-refractivity contribution in [2.45, 2.75) is 6.92 Å². The fourth-order valence-corrected chi connectivity index (χ4v) is 1.11. The topological polar surface area (TPSA) is 52.1 Å². The molecule has 0 radical (unpaired) electrons. The van der Waals surface area contributed by atoms with Gasteiger partial charge in [-0.3, -0.25) is 0 Å². The van der Waals surface area contributed by atoms with Gasteiger partial charge in [0.15, 0.2) is 5.69 Å². The first-order valence-corrected chi connectivity index (χ1v) is 4.26. The second-order valence-electron chi connectivity index (χ2n) is 2.07. The van der Waals surface area contributed by atoms with Crippen LogP contribution in [0, 0.1) is 0 Å². The van der Waals surface area contributed by atoms with Gasteiger partial charge >= 0.3 is 5.97 Å². The van der Waals surface area contributed by atoms with E-state index in [0.717, 1.165) is 0 Å². The SMILES string of the molecule is CCOC(=O)c1cc(Cl)nc(Cl)n1. The van der Waals surface area contributed by atoms with Crippen LogP contribution < -0.4 is 0 Å². The van der Waals surface area contributed by atoms with E-state index in [1.165, 1.54) is 6.07 Å². The van der Waals surface area contributed by atoms with E-state index in [4.69, 9.17) is 27.9 Å². The number of nitrogens with zero attached hydrogens (tertiary/aromatic N) is 2. The number of carbonyl (C=O) groups is 1. The Morgan fingerprint density at radius 3 is 2.77 bits per heavy atom. The maximum atomic E-state index is 11.1. The summed E-state index contributed by atoms with van der Waals surface area (Å²) in [6, 6.07) is 1.30. The van der Waals surface area contributed by atoms with E-state index in [2.05, 4.69) is 9.97 Å². The number of ether oxygens (including phenoxy) is 1. The second-order valence-corrected chi connectivity index (χ2v) is 2.79. The van der Waals surface area contributed by atoms with Crippen LogP contribution in [0.4, 0.5) is 0 Å². The predicted octanol–water partition coefficient (Wildman–Crippen LogP) is 1.96. The highest BCUT2D eigenvalue weighted by molar-refractivity contribution is 6.32. The molecule has 0 aromatic carbocycles. The van der Waals surface area contributed by atoms with Crippen LogP contribution in [0.1, 0.15) is 17.4 Å². The zero-order chi connectivity index (χ0) is 9.84. The normalized spacial score (nSPS) is 9.77. The minimum atomic E-state index is -0.561. The lowest BCUT2D eigenvalue weighted by Crippen LogP contribution is -2.07. The van der Waals surface area contributed by atoms with Gasteiger partial charge in [0.25, 0.3) is 0 Å². The third kappa shape index (κ3) is 2.82. The molecule has 1 aromatic heterocycles. The Balaban J connectivity index is 2.94. The van der Waals surface area contributed by atoms with Gasteiger partial charge in [0.05, 0.1) is 6.61 Å². The largest absolute Gasteiger partial charge is 0.461 e. The molecular formula is C7H6Cl2N2O2. The van der Waals surface area contributed by atoms with Gasteiger partial charge in [0, 0.05) is 6.07 Å². The average molecular weight is 221 g/mol. The highest BCUT2D eigenvalue weighted by Crippen LogP contribution is 2.11. The standard InChI is InChI=1S/C7H6Cl2N2O2/c1-2-13-6(12)4-3-5(8)11-7(9)10-4/h3H,2H2,1H3. The van der Waals surface area contributed by atoms with E-state index in [1.807, 2.05) is 0 Å². The molecule has 0 saturated heterocycles. The molecule has 0 bridgehead atoms. The zero-order valence-electron chi connectivity index (χ0n) is 6.75. The third-order valence-electron chi connectivity index (χ3n) is 1.15. The Hall–Kier alpha value is -0.870. The van der Waals surface area contributed by atoms with Crippen LogP contribution in [0.3, 0.4) is 0 Å². The third-order valence-corrected chi connectivity index (χ3v) is 1.51. The summed E-state index contributed by atoms with van der Waals surface area (Å²) in [5.41, 5.74) is 0.0619. The molecule has 70 valence electrons. The first kappa shape index (κ1) is 10.2. The summed E-state index contributed by atoms with van der Waals surface area (Å²) in [5.74, 6) is -0.561. The summed E-state index contributed by atoms with van der Waals surface area (Å²) in [5, 5.41) is 0.0404. The van der Waals surface area contributed by atoms with Gasteiger partial charge in [-0.25, -0.2) is 14.8 Å². The lowest BCUT2D eigenvalue weighted by Gasteiger charge is -2.00. The molecule has 0 saturated carbocycles. The molecule has 0 N–H and O–H groups in total. The molecule has 1 aromatic rings. The van der Waals surface area contributed by atoms with Crippen molar-refractivity contribution in [1.82, 2.24) is 9.97 Å². The fraction of sp³-hybridized carbons (Fsp3) is 0.286. The van der Waals surface area contributed by atoms with Crippen molar-refractivity contribution >= 4 is 29.2 Å². The van der Waals surface area contributed by atoms with Gasteiger partial charge in [-0.05, 0) is 18.5 Å². The smallest absolute Gasteiger partial charge is 0.357 e. The minimum Gasteiger partial charge on any atom is -0.461 e. The van der Waals surface area contributed by atoms with Gasteiger partial charge in [-0.1, -0.05) is 11.6 Å². The molecule has 0 aliphatic carbocycles. The van der Waals surface area contributed by atoms with E-state index >= 15 is 0 Å².